The lowest BCUT2D eigenvalue weighted by molar-refractivity contribution is 0.0842. The van der Waals surface area contributed by atoms with Crippen LogP contribution in [-0.4, -0.2) is 28.5 Å². The van der Waals surface area contributed by atoms with Gasteiger partial charge in [0.15, 0.2) is 5.78 Å². The van der Waals surface area contributed by atoms with Gasteiger partial charge in [-0.25, -0.2) is 4.79 Å². The fraction of sp³-hybridized carbons (Fsp3) is 0.533. The third-order valence-electron chi connectivity index (χ3n) is 2.57. The second-order valence-corrected chi connectivity index (χ2v) is 5.79. The van der Waals surface area contributed by atoms with Gasteiger partial charge in [0.1, 0.15) is 6.10 Å². The van der Waals surface area contributed by atoms with Crippen LogP contribution in [0, 0.1) is 0 Å². The van der Waals surface area contributed by atoms with Gasteiger partial charge in [-0.1, -0.05) is 0 Å². The van der Waals surface area contributed by atoms with Crippen LogP contribution in [0.2, 0.25) is 0 Å². The third-order valence-corrected chi connectivity index (χ3v) is 2.57. The van der Waals surface area contributed by atoms with Crippen LogP contribution in [0.4, 0.5) is 4.79 Å². The molecule has 110 valence electrons. The second-order valence-electron chi connectivity index (χ2n) is 5.79. The summed E-state index contributed by atoms with van der Waals surface area (Å²) in [6.45, 7) is 7.42. The highest BCUT2D eigenvalue weighted by Gasteiger charge is 2.17. The quantitative estimate of drug-likeness (QED) is 0.841. The summed E-state index contributed by atoms with van der Waals surface area (Å²) in [5.74, 6) is 0.0269. The molecule has 0 fully saturated rings. The van der Waals surface area contributed by atoms with E-state index >= 15 is 0 Å². The van der Waals surface area contributed by atoms with Gasteiger partial charge < -0.3 is 10.1 Å². The Morgan fingerprint density at radius 3 is 2.45 bits per heavy atom. The lowest BCUT2D eigenvalue weighted by atomic mass is 10.1. The summed E-state index contributed by atoms with van der Waals surface area (Å²) in [7, 11) is 0. The maximum Gasteiger partial charge on any atom is 0.407 e. The Morgan fingerprint density at radius 1 is 1.30 bits per heavy atom. The van der Waals surface area contributed by atoms with E-state index in [-0.39, 0.29) is 17.4 Å². The molecule has 0 unspecified atom stereocenters. The van der Waals surface area contributed by atoms with Crippen LogP contribution in [0.5, 0.6) is 0 Å². The van der Waals surface area contributed by atoms with Crippen molar-refractivity contribution in [3.8, 4) is 0 Å². The molecule has 0 radical (unpaired) electrons. The lowest BCUT2D eigenvalue weighted by Gasteiger charge is -2.22. The number of Topliss-reactive ketones (excluding diaryl/α,β-unsaturated/α-hetero) is 1. The monoisotopic (exact) mass is 278 g/mol. The molecule has 1 atom stereocenters. The van der Waals surface area contributed by atoms with Gasteiger partial charge in [-0.3, -0.25) is 9.78 Å². The molecule has 1 rings (SSSR count). The summed E-state index contributed by atoms with van der Waals surface area (Å²) in [5, 5.41) is 2.72. The minimum absolute atomic E-state index is 0.0269. The smallest absolute Gasteiger partial charge is 0.407 e. The van der Waals surface area contributed by atoms with Crippen molar-refractivity contribution in [1.29, 1.82) is 0 Å². The second kappa shape index (κ2) is 7.03. The largest absolute Gasteiger partial charge is 0.447 e. The Labute approximate surface area is 119 Å². The van der Waals surface area contributed by atoms with Crippen molar-refractivity contribution < 1.29 is 14.3 Å². The van der Waals surface area contributed by atoms with E-state index in [0.29, 0.717) is 18.4 Å². The first-order valence-corrected chi connectivity index (χ1v) is 6.70. The van der Waals surface area contributed by atoms with Gasteiger partial charge in [-0.15, -0.1) is 0 Å². The van der Waals surface area contributed by atoms with Crippen molar-refractivity contribution in [2.75, 3.05) is 0 Å². The number of ketones is 1. The number of amides is 1. The Balaban J connectivity index is 2.35. The van der Waals surface area contributed by atoms with Crippen LogP contribution in [0.3, 0.4) is 0 Å². The number of nitrogens with one attached hydrogen (secondary N) is 1. The van der Waals surface area contributed by atoms with E-state index in [4.69, 9.17) is 4.74 Å². The zero-order valence-electron chi connectivity index (χ0n) is 12.5. The topological polar surface area (TPSA) is 68.3 Å². The molecule has 1 heterocycles. The van der Waals surface area contributed by atoms with Crippen molar-refractivity contribution in [1.82, 2.24) is 10.3 Å². The zero-order valence-corrected chi connectivity index (χ0v) is 12.5. The molecule has 0 saturated heterocycles. The van der Waals surface area contributed by atoms with Crippen LogP contribution < -0.4 is 5.32 Å². The number of nitrogens with zero attached hydrogens (tertiary/aromatic N) is 1. The lowest BCUT2D eigenvalue weighted by Crippen LogP contribution is -2.42. The summed E-state index contributed by atoms with van der Waals surface area (Å²) in [5.41, 5.74) is 0.301. The minimum Gasteiger partial charge on any atom is -0.447 e. The summed E-state index contributed by atoms with van der Waals surface area (Å²) in [6, 6.07) is 3.36. The van der Waals surface area contributed by atoms with Crippen LogP contribution in [0.1, 0.15) is 50.9 Å². The number of carbonyl (C=O) groups is 2. The van der Waals surface area contributed by atoms with Crippen LogP contribution in [-0.2, 0) is 4.74 Å². The van der Waals surface area contributed by atoms with Gasteiger partial charge in [-0.2, -0.15) is 0 Å². The van der Waals surface area contributed by atoms with E-state index in [1.54, 1.807) is 31.5 Å². The normalized spacial score (nSPS) is 12.6. The highest BCUT2D eigenvalue weighted by atomic mass is 16.6. The predicted molar refractivity (Wildman–Crippen MR) is 76.6 cm³/mol. The molecule has 5 heteroatoms. The molecular weight excluding hydrogens is 256 g/mol. The Morgan fingerprint density at radius 2 is 1.90 bits per heavy atom. The molecule has 0 aromatic carbocycles. The number of ether oxygens (including phenoxy) is 1. The molecule has 1 N–H and O–H groups in total. The van der Waals surface area contributed by atoms with E-state index in [2.05, 4.69) is 10.3 Å². The van der Waals surface area contributed by atoms with Crippen LogP contribution in [0.25, 0.3) is 0 Å². The van der Waals surface area contributed by atoms with Crippen LogP contribution >= 0.6 is 0 Å². The molecule has 0 spiro atoms. The average molecular weight is 278 g/mol. The molecule has 0 aliphatic rings. The van der Waals surface area contributed by atoms with E-state index in [0.717, 1.165) is 0 Å². The van der Waals surface area contributed by atoms with Gasteiger partial charge in [-0.05, 0) is 46.2 Å². The fourth-order valence-corrected chi connectivity index (χ4v) is 1.59. The third kappa shape index (κ3) is 6.31. The van der Waals surface area contributed by atoms with E-state index in [9.17, 15) is 9.59 Å². The Hall–Kier alpha value is -1.91. The van der Waals surface area contributed by atoms with Crippen molar-refractivity contribution in [2.45, 2.75) is 52.2 Å². The first kappa shape index (κ1) is 16.1. The standard InChI is InChI=1S/C15H22N2O3/c1-11(20-14(19)17-15(2,3)4)5-6-13(18)12-7-9-16-10-8-12/h7-11H,5-6H2,1-4H3,(H,17,19)/t11-/m0/s1. The van der Waals surface area contributed by atoms with Crippen LogP contribution in [0.15, 0.2) is 24.5 Å². The summed E-state index contributed by atoms with van der Waals surface area (Å²) >= 11 is 0. The van der Waals surface area contributed by atoms with Crippen molar-refractivity contribution in [3.05, 3.63) is 30.1 Å². The number of carbonyl (C=O) groups excluding carboxylic acids is 2. The molecule has 5 nitrogen and oxygen atoms in total. The van der Waals surface area contributed by atoms with Gasteiger partial charge >= 0.3 is 6.09 Å². The first-order valence-electron chi connectivity index (χ1n) is 6.70. The predicted octanol–water partition coefficient (Wildman–Crippen LogP) is 2.96. The van der Waals surface area contributed by atoms with Gasteiger partial charge in [0, 0.05) is 29.9 Å². The number of aromatic nitrogens is 1. The highest BCUT2D eigenvalue weighted by Crippen LogP contribution is 2.09. The summed E-state index contributed by atoms with van der Waals surface area (Å²) < 4.78 is 5.20. The molecule has 0 saturated carbocycles. The number of hydrogen-bond acceptors (Lipinski definition) is 4. The molecule has 0 aliphatic carbocycles. The maximum atomic E-state index is 11.9. The minimum atomic E-state index is -0.457. The molecule has 20 heavy (non-hydrogen) atoms. The van der Waals surface area contributed by atoms with Gasteiger partial charge in [0.05, 0.1) is 0 Å². The first-order chi connectivity index (χ1) is 9.28. The van der Waals surface area contributed by atoms with E-state index in [1.807, 2.05) is 20.8 Å². The Bertz CT molecular complexity index is 452. The highest BCUT2D eigenvalue weighted by molar-refractivity contribution is 5.95. The average Bonchev–Trinajstić information content (AvgIpc) is 2.34. The number of pyridine rings is 1. The number of rotatable bonds is 5. The van der Waals surface area contributed by atoms with Gasteiger partial charge in [0.25, 0.3) is 0 Å². The summed E-state index contributed by atoms with van der Waals surface area (Å²) in [4.78, 5) is 27.3. The van der Waals surface area contributed by atoms with Crippen molar-refractivity contribution in [2.24, 2.45) is 0 Å². The van der Waals surface area contributed by atoms with E-state index in [1.165, 1.54) is 0 Å². The molecule has 1 aromatic heterocycles. The zero-order chi connectivity index (χ0) is 15.2. The van der Waals surface area contributed by atoms with Crippen molar-refractivity contribution >= 4 is 11.9 Å². The number of alkyl carbamates (subject to hydrolysis) is 1. The van der Waals surface area contributed by atoms with Crippen molar-refractivity contribution in [3.63, 3.8) is 0 Å². The van der Waals surface area contributed by atoms with E-state index < -0.39 is 6.09 Å². The molecule has 0 aliphatic heterocycles. The molecular formula is C15H22N2O3. The SMILES string of the molecule is C[C@@H](CCC(=O)c1ccncc1)OC(=O)NC(C)(C)C. The Kier molecular flexibility index (Phi) is 5.67. The number of hydrogen-bond donors (Lipinski definition) is 1. The molecule has 1 amide bonds. The summed E-state index contributed by atoms with van der Waals surface area (Å²) in [6.07, 6.45) is 3.25. The molecule has 0 bridgehead atoms. The maximum absolute atomic E-state index is 11.9. The van der Waals surface area contributed by atoms with Gasteiger partial charge in [0.2, 0.25) is 0 Å². The molecule has 1 aromatic rings. The fourth-order valence-electron chi connectivity index (χ4n) is 1.59.